The second kappa shape index (κ2) is 8.01. The number of hydrogen-bond acceptors (Lipinski definition) is 5. The third-order valence-corrected chi connectivity index (χ3v) is 4.33. The van der Waals surface area contributed by atoms with Gasteiger partial charge in [0.05, 0.1) is 18.5 Å². The Balaban J connectivity index is 1.95. The SMILES string of the molecule is CCC(CC)C1CC(NC(=O)c2cnc(C(=O)O)cn2)CCO1. The topological polar surface area (TPSA) is 101 Å². The van der Waals surface area contributed by atoms with E-state index in [2.05, 4.69) is 29.1 Å². The quantitative estimate of drug-likeness (QED) is 0.829. The summed E-state index contributed by atoms with van der Waals surface area (Å²) in [5.74, 6) is -0.990. The van der Waals surface area contributed by atoms with Gasteiger partial charge in [0.25, 0.3) is 5.91 Å². The minimum absolute atomic E-state index is 0.0443. The van der Waals surface area contributed by atoms with Gasteiger partial charge in [0.1, 0.15) is 5.69 Å². The van der Waals surface area contributed by atoms with Gasteiger partial charge in [0.15, 0.2) is 5.69 Å². The summed E-state index contributed by atoms with van der Waals surface area (Å²) in [6, 6.07) is 0.0443. The highest BCUT2D eigenvalue weighted by atomic mass is 16.5. The summed E-state index contributed by atoms with van der Waals surface area (Å²) >= 11 is 0. The molecule has 0 aliphatic carbocycles. The molecule has 2 unspecified atom stereocenters. The van der Waals surface area contributed by atoms with Gasteiger partial charge in [0, 0.05) is 12.6 Å². The molecule has 23 heavy (non-hydrogen) atoms. The molecule has 2 N–H and O–H groups in total. The molecule has 1 amide bonds. The van der Waals surface area contributed by atoms with E-state index in [-0.39, 0.29) is 29.4 Å². The van der Waals surface area contributed by atoms with E-state index in [1.807, 2.05) is 0 Å². The van der Waals surface area contributed by atoms with Crippen LogP contribution in [-0.4, -0.2) is 45.7 Å². The van der Waals surface area contributed by atoms with Crippen LogP contribution in [-0.2, 0) is 4.74 Å². The van der Waals surface area contributed by atoms with Crippen LogP contribution >= 0.6 is 0 Å². The van der Waals surface area contributed by atoms with E-state index in [4.69, 9.17) is 9.84 Å². The minimum atomic E-state index is -1.16. The zero-order valence-corrected chi connectivity index (χ0v) is 13.5. The zero-order chi connectivity index (χ0) is 16.8. The number of carboxylic acids is 1. The summed E-state index contributed by atoms with van der Waals surface area (Å²) in [5, 5.41) is 11.7. The highest BCUT2D eigenvalue weighted by Gasteiger charge is 2.28. The number of carbonyl (C=O) groups is 2. The lowest BCUT2D eigenvalue weighted by Gasteiger charge is -2.34. The van der Waals surface area contributed by atoms with E-state index in [9.17, 15) is 9.59 Å². The summed E-state index contributed by atoms with van der Waals surface area (Å²) < 4.78 is 5.84. The lowest BCUT2D eigenvalue weighted by Crippen LogP contribution is -2.44. The second-order valence-electron chi connectivity index (χ2n) is 5.77. The van der Waals surface area contributed by atoms with E-state index in [1.54, 1.807) is 0 Å². The maximum atomic E-state index is 12.2. The van der Waals surface area contributed by atoms with Crippen molar-refractivity contribution in [3.63, 3.8) is 0 Å². The van der Waals surface area contributed by atoms with Crippen molar-refractivity contribution in [3.05, 3.63) is 23.8 Å². The van der Waals surface area contributed by atoms with Crippen LogP contribution in [0.5, 0.6) is 0 Å². The number of aromatic nitrogens is 2. The first-order chi connectivity index (χ1) is 11.0. The Morgan fingerprint density at radius 3 is 2.52 bits per heavy atom. The van der Waals surface area contributed by atoms with Crippen molar-refractivity contribution in [2.75, 3.05) is 6.61 Å². The molecule has 1 aliphatic rings. The summed E-state index contributed by atoms with van der Waals surface area (Å²) in [7, 11) is 0. The molecule has 1 fully saturated rings. The van der Waals surface area contributed by atoms with Crippen LogP contribution in [0.2, 0.25) is 0 Å². The first-order valence-electron chi connectivity index (χ1n) is 8.02. The second-order valence-corrected chi connectivity index (χ2v) is 5.77. The minimum Gasteiger partial charge on any atom is -0.476 e. The van der Waals surface area contributed by atoms with Gasteiger partial charge in [-0.3, -0.25) is 4.79 Å². The van der Waals surface area contributed by atoms with E-state index in [0.29, 0.717) is 12.5 Å². The molecule has 1 saturated heterocycles. The number of hydrogen-bond donors (Lipinski definition) is 2. The first-order valence-corrected chi connectivity index (χ1v) is 8.02. The molecule has 0 spiro atoms. The van der Waals surface area contributed by atoms with Crippen molar-refractivity contribution in [1.82, 2.24) is 15.3 Å². The Morgan fingerprint density at radius 2 is 1.96 bits per heavy atom. The fraction of sp³-hybridized carbons (Fsp3) is 0.625. The van der Waals surface area contributed by atoms with Crippen LogP contribution in [0, 0.1) is 5.92 Å². The summed E-state index contributed by atoms with van der Waals surface area (Å²) in [6.45, 7) is 4.94. The van der Waals surface area contributed by atoms with Gasteiger partial charge >= 0.3 is 5.97 Å². The number of nitrogens with zero attached hydrogens (tertiary/aromatic N) is 2. The van der Waals surface area contributed by atoms with Crippen LogP contribution in [0.1, 0.15) is 60.5 Å². The van der Waals surface area contributed by atoms with E-state index >= 15 is 0 Å². The number of carbonyl (C=O) groups excluding carboxylic acids is 1. The monoisotopic (exact) mass is 321 g/mol. The third-order valence-electron chi connectivity index (χ3n) is 4.33. The van der Waals surface area contributed by atoms with Crippen molar-refractivity contribution in [2.24, 2.45) is 5.92 Å². The highest BCUT2D eigenvalue weighted by molar-refractivity contribution is 5.92. The lowest BCUT2D eigenvalue weighted by molar-refractivity contribution is -0.0337. The van der Waals surface area contributed by atoms with Crippen LogP contribution in [0.25, 0.3) is 0 Å². The van der Waals surface area contributed by atoms with Crippen LogP contribution < -0.4 is 5.32 Å². The number of aromatic carboxylic acids is 1. The van der Waals surface area contributed by atoms with Crippen molar-refractivity contribution in [3.8, 4) is 0 Å². The van der Waals surface area contributed by atoms with Gasteiger partial charge in [-0.05, 0) is 18.8 Å². The Labute approximate surface area is 135 Å². The molecule has 1 aromatic rings. The van der Waals surface area contributed by atoms with Gasteiger partial charge < -0.3 is 15.2 Å². The molecule has 1 aromatic heterocycles. The van der Waals surface area contributed by atoms with Crippen molar-refractivity contribution in [1.29, 1.82) is 0 Å². The molecule has 2 rings (SSSR count). The molecule has 7 heteroatoms. The average Bonchev–Trinajstić information content (AvgIpc) is 2.56. The number of carboxylic acid groups (broad SMARTS) is 1. The Hall–Kier alpha value is -2.02. The number of ether oxygens (including phenoxy) is 1. The molecule has 0 radical (unpaired) electrons. The highest BCUT2D eigenvalue weighted by Crippen LogP contribution is 2.25. The third kappa shape index (κ3) is 4.48. The molecule has 0 aromatic carbocycles. The number of amides is 1. The molecular weight excluding hydrogens is 298 g/mol. The van der Waals surface area contributed by atoms with Crippen LogP contribution in [0.15, 0.2) is 12.4 Å². The maximum Gasteiger partial charge on any atom is 0.356 e. The molecule has 0 bridgehead atoms. The van der Waals surface area contributed by atoms with Crippen molar-refractivity contribution < 1.29 is 19.4 Å². The van der Waals surface area contributed by atoms with Gasteiger partial charge in [-0.1, -0.05) is 26.7 Å². The molecular formula is C16H23N3O4. The molecule has 0 saturated carbocycles. The smallest absolute Gasteiger partial charge is 0.356 e. The van der Waals surface area contributed by atoms with E-state index in [1.165, 1.54) is 6.20 Å². The van der Waals surface area contributed by atoms with Gasteiger partial charge in [0.2, 0.25) is 0 Å². The zero-order valence-electron chi connectivity index (χ0n) is 13.5. The normalized spacial score (nSPS) is 21.2. The Bertz CT molecular complexity index is 543. The van der Waals surface area contributed by atoms with E-state index < -0.39 is 5.97 Å². The standard InChI is InChI=1S/C16H23N3O4/c1-3-10(4-2)14-7-11(5-6-23-14)19-15(20)12-8-18-13(9-17-12)16(21)22/h8-11,14H,3-7H2,1-2H3,(H,19,20)(H,21,22). The molecule has 126 valence electrons. The van der Waals surface area contributed by atoms with Crippen molar-refractivity contribution in [2.45, 2.75) is 51.7 Å². The summed E-state index contributed by atoms with van der Waals surface area (Å²) in [5.41, 5.74) is -0.0537. The largest absolute Gasteiger partial charge is 0.476 e. The maximum absolute atomic E-state index is 12.2. The van der Waals surface area contributed by atoms with Gasteiger partial charge in [-0.2, -0.15) is 0 Å². The van der Waals surface area contributed by atoms with Crippen LogP contribution in [0.4, 0.5) is 0 Å². The molecule has 7 nitrogen and oxygen atoms in total. The predicted molar refractivity (Wildman–Crippen MR) is 83.3 cm³/mol. The number of rotatable bonds is 6. The average molecular weight is 321 g/mol. The molecule has 1 aliphatic heterocycles. The van der Waals surface area contributed by atoms with E-state index in [0.717, 1.165) is 31.9 Å². The number of nitrogens with one attached hydrogen (secondary N) is 1. The Kier molecular flexibility index (Phi) is 6.04. The fourth-order valence-corrected chi connectivity index (χ4v) is 2.92. The first kappa shape index (κ1) is 17.3. The van der Waals surface area contributed by atoms with Gasteiger partial charge in [-0.25, -0.2) is 14.8 Å². The van der Waals surface area contributed by atoms with Gasteiger partial charge in [-0.15, -0.1) is 0 Å². The fourth-order valence-electron chi connectivity index (χ4n) is 2.92. The predicted octanol–water partition coefficient (Wildman–Crippen LogP) is 1.89. The van der Waals surface area contributed by atoms with Crippen LogP contribution in [0.3, 0.4) is 0 Å². The molecule has 2 heterocycles. The lowest BCUT2D eigenvalue weighted by atomic mass is 9.89. The summed E-state index contributed by atoms with van der Waals surface area (Å²) in [6.07, 6.45) is 6.13. The summed E-state index contributed by atoms with van der Waals surface area (Å²) in [4.78, 5) is 30.5. The van der Waals surface area contributed by atoms with Crippen molar-refractivity contribution >= 4 is 11.9 Å². The molecule has 2 atom stereocenters. The Morgan fingerprint density at radius 1 is 1.30 bits per heavy atom.